The van der Waals surface area contributed by atoms with E-state index in [1.54, 1.807) is 24.3 Å². The first kappa shape index (κ1) is 37.0. The summed E-state index contributed by atoms with van der Waals surface area (Å²) >= 11 is 0. The Labute approximate surface area is 317 Å². The van der Waals surface area contributed by atoms with Crippen molar-refractivity contribution in [3.8, 4) is 12.1 Å². The van der Waals surface area contributed by atoms with E-state index in [1.165, 1.54) is 9.80 Å². The number of benzene rings is 5. The van der Waals surface area contributed by atoms with Gasteiger partial charge in [0.05, 0.1) is 34.4 Å². The second-order valence-electron chi connectivity index (χ2n) is 16.7. The van der Waals surface area contributed by atoms with Gasteiger partial charge in [-0.2, -0.15) is 10.5 Å². The van der Waals surface area contributed by atoms with Crippen LogP contribution in [0.1, 0.15) is 145 Å². The van der Waals surface area contributed by atoms with Crippen LogP contribution in [-0.2, 0) is 0 Å². The predicted octanol–water partition coefficient (Wildman–Crippen LogP) is 10.4. The number of carbonyl (C=O) groups excluding carboxylic acids is 4. The van der Waals surface area contributed by atoms with Crippen LogP contribution in [0.3, 0.4) is 0 Å². The van der Waals surface area contributed by atoms with E-state index in [9.17, 15) is 29.7 Å². The summed E-state index contributed by atoms with van der Waals surface area (Å²) in [6, 6.07) is 14.8. The average molecular weight is 721 g/mol. The Morgan fingerprint density at radius 3 is 1.26 bits per heavy atom. The van der Waals surface area contributed by atoms with E-state index < -0.39 is 11.8 Å². The molecule has 4 amide bonds. The standard InChI is InChI=1S/C46H48N4O4/c1-25(2)9-7-11-27(5)17-19-49-43(51)33-15-13-31-37-29(23-47)21-35-41-36(46(54)50(45(35)53)20-18-28(6)12-8-10-26(3)4)22-30(24-48)38(42(37)41)32-14-16-34(44(49)52)40(33)39(31)32/h13-16,21-22,25-28H,7-12,17-20H2,1-6H3/t27-,28-/m0/s1. The fourth-order valence-electron chi connectivity index (χ4n) is 8.89. The largest absolute Gasteiger partial charge is 0.274 e. The number of amides is 4. The second-order valence-corrected chi connectivity index (χ2v) is 16.7. The molecule has 8 nitrogen and oxygen atoms in total. The van der Waals surface area contributed by atoms with Gasteiger partial charge in [0.1, 0.15) is 0 Å². The summed E-state index contributed by atoms with van der Waals surface area (Å²) < 4.78 is 0. The third-order valence-corrected chi connectivity index (χ3v) is 11.9. The van der Waals surface area contributed by atoms with Crippen molar-refractivity contribution in [3.63, 3.8) is 0 Å². The Hall–Kier alpha value is -5.34. The van der Waals surface area contributed by atoms with Crippen LogP contribution in [0, 0.1) is 46.3 Å². The number of hydrogen-bond acceptors (Lipinski definition) is 6. The van der Waals surface area contributed by atoms with Crippen LogP contribution >= 0.6 is 0 Å². The summed E-state index contributed by atoms with van der Waals surface area (Å²) in [7, 11) is 0. The van der Waals surface area contributed by atoms with Gasteiger partial charge in [0.15, 0.2) is 0 Å². The monoisotopic (exact) mass is 720 g/mol. The van der Waals surface area contributed by atoms with Gasteiger partial charge in [0, 0.05) is 51.1 Å². The van der Waals surface area contributed by atoms with E-state index >= 15 is 0 Å². The minimum absolute atomic E-state index is 0.234. The maximum atomic E-state index is 14.2. The maximum Gasteiger partial charge on any atom is 0.261 e. The van der Waals surface area contributed by atoms with E-state index in [0.717, 1.165) is 38.5 Å². The van der Waals surface area contributed by atoms with Crippen LogP contribution in [0.15, 0.2) is 36.4 Å². The first-order valence-electron chi connectivity index (χ1n) is 19.7. The van der Waals surface area contributed by atoms with Crippen LogP contribution in [0.5, 0.6) is 0 Å². The summed E-state index contributed by atoms with van der Waals surface area (Å²) in [5.74, 6) is 0.344. The zero-order chi connectivity index (χ0) is 38.6. The Kier molecular flexibility index (Phi) is 9.92. The molecular weight excluding hydrogens is 673 g/mol. The Balaban J connectivity index is 1.34. The first-order chi connectivity index (χ1) is 25.9. The van der Waals surface area contributed by atoms with Crippen LogP contribution in [0.25, 0.3) is 43.1 Å². The Morgan fingerprint density at radius 2 is 0.870 bits per heavy atom. The van der Waals surface area contributed by atoms with Crippen molar-refractivity contribution in [3.05, 3.63) is 69.8 Å². The molecule has 276 valence electrons. The molecule has 0 bridgehead atoms. The number of nitriles is 2. The molecule has 2 aliphatic heterocycles. The molecule has 54 heavy (non-hydrogen) atoms. The average Bonchev–Trinajstić information content (AvgIpc) is 3.14. The summed E-state index contributed by atoms with van der Waals surface area (Å²) in [4.78, 5) is 59.1. The van der Waals surface area contributed by atoms with Gasteiger partial charge in [-0.1, -0.05) is 92.2 Å². The molecule has 0 saturated heterocycles. The number of hydrogen-bond donors (Lipinski definition) is 0. The molecule has 2 heterocycles. The Bertz CT molecular complexity index is 2330. The van der Waals surface area contributed by atoms with Gasteiger partial charge in [-0.3, -0.25) is 29.0 Å². The van der Waals surface area contributed by atoms with E-state index in [4.69, 9.17) is 0 Å². The highest BCUT2D eigenvalue weighted by Gasteiger charge is 2.38. The number of rotatable bonds is 14. The van der Waals surface area contributed by atoms with Crippen molar-refractivity contribution in [2.45, 2.75) is 92.9 Å². The number of fused-ring (bicyclic) bond motifs is 2. The van der Waals surface area contributed by atoms with Crippen molar-refractivity contribution in [2.75, 3.05) is 13.1 Å². The van der Waals surface area contributed by atoms with Gasteiger partial charge in [0.2, 0.25) is 0 Å². The smallest absolute Gasteiger partial charge is 0.261 e. The lowest BCUT2D eigenvalue weighted by Gasteiger charge is -2.31. The zero-order valence-corrected chi connectivity index (χ0v) is 32.3. The lowest BCUT2D eigenvalue weighted by Crippen LogP contribution is -2.41. The highest BCUT2D eigenvalue weighted by atomic mass is 16.2. The van der Waals surface area contributed by atoms with Crippen molar-refractivity contribution in [2.24, 2.45) is 23.7 Å². The predicted molar refractivity (Wildman–Crippen MR) is 213 cm³/mol. The van der Waals surface area contributed by atoms with Crippen molar-refractivity contribution in [1.82, 2.24) is 9.80 Å². The van der Waals surface area contributed by atoms with Crippen LogP contribution < -0.4 is 0 Å². The van der Waals surface area contributed by atoms with E-state index in [2.05, 4.69) is 53.7 Å². The fourth-order valence-corrected chi connectivity index (χ4v) is 8.89. The molecule has 0 aromatic heterocycles. The highest BCUT2D eigenvalue weighted by Crippen LogP contribution is 2.48. The molecule has 8 heteroatoms. The van der Waals surface area contributed by atoms with Gasteiger partial charge >= 0.3 is 0 Å². The number of nitrogens with zero attached hydrogens (tertiary/aromatic N) is 4. The van der Waals surface area contributed by atoms with Gasteiger partial charge < -0.3 is 0 Å². The van der Waals surface area contributed by atoms with E-state index in [0.29, 0.717) is 97.3 Å². The van der Waals surface area contributed by atoms with Gasteiger partial charge in [0.25, 0.3) is 23.6 Å². The molecular formula is C46H48N4O4. The molecule has 0 spiro atoms. The topological polar surface area (TPSA) is 122 Å². The van der Waals surface area contributed by atoms with Crippen LogP contribution in [0.4, 0.5) is 0 Å². The van der Waals surface area contributed by atoms with Gasteiger partial charge in [-0.25, -0.2) is 0 Å². The minimum atomic E-state index is -0.442. The number of carbonyl (C=O) groups is 4. The molecule has 0 aliphatic carbocycles. The third-order valence-electron chi connectivity index (χ3n) is 11.9. The molecule has 7 rings (SSSR count). The summed E-state index contributed by atoms with van der Waals surface area (Å²) in [6.07, 6.45) is 7.89. The van der Waals surface area contributed by atoms with Crippen LogP contribution in [-0.4, -0.2) is 46.5 Å². The molecule has 2 atom stereocenters. The molecule has 0 fully saturated rings. The fraction of sp³-hybridized carbons (Fsp3) is 0.435. The first-order valence-corrected chi connectivity index (χ1v) is 19.7. The Morgan fingerprint density at radius 1 is 0.481 bits per heavy atom. The quantitative estimate of drug-likeness (QED) is 0.0639. The lowest BCUT2D eigenvalue weighted by molar-refractivity contribution is 0.0586. The van der Waals surface area contributed by atoms with Crippen molar-refractivity contribution >= 4 is 66.7 Å². The van der Waals surface area contributed by atoms with Crippen molar-refractivity contribution in [1.29, 1.82) is 10.5 Å². The van der Waals surface area contributed by atoms with Gasteiger partial charge in [-0.15, -0.1) is 0 Å². The summed E-state index contributed by atoms with van der Waals surface area (Å²) in [6.45, 7) is 13.7. The second kappa shape index (κ2) is 14.5. The van der Waals surface area contributed by atoms with E-state index in [1.807, 2.05) is 12.1 Å². The molecule has 0 radical (unpaired) electrons. The van der Waals surface area contributed by atoms with Gasteiger partial charge in [-0.05, 0) is 76.9 Å². The zero-order valence-electron chi connectivity index (χ0n) is 32.3. The normalized spacial score (nSPS) is 15.4. The molecule has 0 unspecified atom stereocenters. The molecule has 0 N–H and O–H groups in total. The molecule has 5 aromatic carbocycles. The molecule has 0 saturated carbocycles. The third kappa shape index (κ3) is 6.06. The molecule has 2 aliphatic rings. The van der Waals surface area contributed by atoms with E-state index in [-0.39, 0.29) is 40.6 Å². The van der Waals surface area contributed by atoms with Crippen molar-refractivity contribution < 1.29 is 19.2 Å². The molecule has 5 aromatic rings. The van der Waals surface area contributed by atoms with Crippen LogP contribution in [0.2, 0.25) is 0 Å². The number of imide groups is 2. The highest BCUT2D eigenvalue weighted by molar-refractivity contribution is 6.42. The lowest BCUT2D eigenvalue weighted by atomic mass is 9.79. The maximum absolute atomic E-state index is 14.2. The summed E-state index contributed by atoms with van der Waals surface area (Å²) in [5, 5.41) is 25.6. The SMILES string of the molecule is CC(C)CCC[C@H](C)CCN1C(=O)c2ccc3c4c(C#N)cc5c6c(cc(C#N)c(c7ccc(c2c37)C1=O)c64)C(=O)N(CC[C@@H](C)CCCC(C)C)C5=O. The summed E-state index contributed by atoms with van der Waals surface area (Å²) in [5.41, 5.74) is 1.82. The minimum Gasteiger partial charge on any atom is -0.274 e.